The molecule has 11 heteroatoms. The third kappa shape index (κ3) is 7.53. The number of anilines is 1. The number of hydrogen-bond donors (Lipinski definition) is 3. The Morgan fingerprint density at radius 2 is 1.94 bits per heavy atom. The van der Waals surface area contributed by atoms with Crippen LogP contribution in [0.25, 0.3) is 0 Å². The number of hydrogen-bond acceptors (Lipinski definition) is 7. The molecule has 1 saturated carbocycles. The minimum atomic E-state index is -1.83. The molecule has 2 aromatic rings. The number of amides is 1. The lowest BCUT2D eigenvalue weighted by Crippen LogP contribution is -2.51. The lowest BCUT2D eigenvalue weighted by Gasteiger charge is -2.48. The normalized spacial score (nSPS) is 29.8. The number of nitrogens with zero attached hydrogens (tertiary/aromatic N) is 1. The molecule has 2 heterocycles. The Kier molecular flexibility index (Phi) is 10.9. The van der Waals surface area contributed by atoms with Gasteiger partial charge in [-0.05, 0) is 111 Å². The van der Waals surface area contributed by atoms with E-state index >= 15 is 0 Å². The monoisotopic (exact) mass is 687 g/mol. The predicted molar refractivity (Wildman–Crippen MR) is 185 cm³/mol. The molecule has 2 aromatic carbocycles. The topological polar surface area (TPSA) is 137 Å². The fraction of sp³-hybridized carbons (Fsp3) is 0.639. The van der Waals surface area contributed by atoms with E-state index < -0.39 is 17.0 Å². The second kappa shape index (κ2) is 14.7. The zero-order valence-corrected chi connectivity index (χ0v) is 29.1. The Morgan fingerprint density at radius 3 is 2.64 bits per heavy atom. The highest BCUT2D eigenvalue weighted by Crippen LogP contribution is 2.49. The molecule has 6 rings (SSSR count). The predicted octanol–water partition coefficient (Wildman–Crippen LogP) is 5.67. The van der Waals surface area contributed by atoms with Gasteiger partial charge in [-0.25, -0.2) is 4.21 Å². The number of aryl methyl sites for hydroxylation is 1. The molecule has 2 aliphatic heterocycles. The molecule has 1 saturated heterocycles. The van der Waals surface area contributed by atoms with Crippen molar-refractivity contribution >= 4 is 34.3 Å². The third-order valence-electron chi connectivity index (χ3n) is 11.4. The first-order valence-corrected chi connectivity index (χ1v) is 18.8. The Balaban J connectivity index is 1.27. The molecule has 0 radical (unpaired) electrons. The van der Waals surface area contributed by atoms with Gasteiger partial charge in [-0.2, -0.15) is 0 Å². The second-order valence-corrected chi connectivity index (χ2v) is 16.2. The van der Waals surface area contributed by atoms with Crippen LogP contribution in [0.1, 0.15) is 80.3 Å². The molecule has 0 bridgehead atoms. The SMILES string of the molecule is C[C@H]([C@@H](C)CCC[C@@H](C1OCC(N)CO1)[C@@H]1CC[C@H]1CN1C[C@@]2(CCCc3cc(Cl)ccc32)COc2ccc(C(N)=O)cc21)S(=O)O. The number of halogens is 1. The summed E-state index contributed by atoms with van der Waals surface area (Å²) in [5, 5.41) is 0.487. The van der Waals surface area contributed by atoms with Crippen molar-refractivity contribution in [1.29, 1.82) is 0 Å². The Labute approximate surface area is 286 Å². The van der Waals surface area contributed by atoms with Crippen molar-refractivity contribution in [1.82, 2.24) is 0 Å². The number of primary amides is 1. The molecule has 47 heavy (non-hydrogen) atoms. The highest BCUT2D eigenvalue weighted by atomic mass is 35.5. The van der Waals surface area contributed by atoms with Crippen molar-refractivity contribution in [2.24, 2.45) is 35.1 Å². The number of carbonyl (C=O) groups is 1. The van der Waals surface area contributed by atoms with E-state index in [1.54, 1.807) is 6.07 Å². The molecule has 2 aliphatic carbocycles. The van der Waals surface area contributed by atoms with E-state index in [9.17, 15) is 13.6 Å². The molecule has 1 amide bonds. The standard InChI is InChI=1S/C36H50ClN3O6S/c1-22(23(2)47(42)43)5-3-7-30(35-44-18-28(38)19-45-35)29-11-8-26(29)17-40-20-36(14-4-6-24-15-27(37)10-12-31(24)36)21-46-33-13-9-25(34(39)41)16-32(33)40/h9-10,12-13,15-16,22-23,26,28-30,35H,3-8,11,14,17-21,38H2,1-2H3,(H2,39,41)(H,42,43)/t22-,23+,26-,28?,29+,30+,35?,36-/m0/s1. The van der Waals surface area contributed by atoms with Gasteiger partial charge in [0.05, 0.1) is 36.8 Å². The van der Waals surface area contributed by atoms with Gasteiger partial charge in [0.25, 0.3) is 0 Å². The van der Waals surface area contributed by atoms with Gasteiger partial charge < -0.3 is 35.1 Å². The summed E-state index contributed by atoms with van der Waals surface area (Å²) in [4.78, 5) is 14.8. The van der Waals surface area contributed by atoms with Crippen LogP contribution in [0.3, 0.4) is 0 Å². The molecule has 7 atom stereocenters. The summed E-state index contributed by atoms with van der Waals surface area (Å²) in [6.45, 7) is 6.99. The van der Waals surface area contributed by atoms with Gasteiger partial charge in [0.2, 0.25) is 5.91 Å². The maximum atomic E-state index is 12.3. The first kappa shape index (κ1) is 34.6. The van der Waals surface area contributed by atoms with Crippen molar-refractivity contribution in [2.75, 3.05) is 37.8 Å². The summed E-state index contributed by atoms with van der Waals surface area (Å²) in [5.41, 5.74) is 15.6. The number of rotatable bonds is 11. The lowest BCUT2D eigenvalue weighted by molar-refractivity contribution is -0.229. The van der Waals surface area contributed by atoms with Gasteiger partial charge in [0, 0.05) is 35.0 Å². The minimum absolute atomic E-state index is 0.123. The van der Waals surface area contributed by atoms with E-state index in [0.29, 0.717) is 37.2 Å². The maximum absolute atomic E-state index is 12.3. The van der Waals surface area contributed by atoms with E-state index in [2.05, 4.69) is 24.0 Å². The van der Waals surface area contributed by atoms with Crippen LogP contribution in [-0.2, 0) is 32.4 Å². The number of fused-ring (bicyclic) bond motifs is 3. The van der Waals surface area contributed by atoms with Gasteiger partial charge in [0.1, 0.15) is 5.75 Å². The average molecular weight is 688 g/mol. The molecule has 9 nitrogen and oxygen atoms in total. The van der Waals surface area contributed by atoms with Crippen molar-refractivity contribution in [3.63, 3.8) is 0 Å². The molecular formula is C36H50ClN3O6S. The van der Waals surface area contributed by atoms with Crippen LogP contribution in [0, 0.1) is 23.7 Å². The van der Waals surface area contributed by atoms with Crippen LogP contribution < -0.4 is 21.1 Å². The lowest BCUT2D eigenvalue weighted by atomic mass is 9.64. The van der Waals surface area contributed by atoms with Crippen molar-refractivity contribution in [3.8, 4) is 5.75 Å². The number of carbonyl (C=O) groups excluding carboxylic acids is 1. The van der Waals surface area contributed by atoms with E-state index in [1.807, 2.05) is 25.1 Å². The van der Waals surface area contributed by atoms with E-state index in [0.717, 1.165) is 80.9 Å². The quantitative estimate of drug-likeness (QED) is 0.257. The summed E-state index contributed by atoms with van der Waals surface area (Å²) in [6.07, 6.45) is 7.63. The summed E-state index contributed by atoms with van der Waals surface area (Å²) in [7, 11) is 0. The summed E-state index contributed by atoms with van der Waals surface area (Å²) in [6, 6.07) is 11.7. The van der Waals surface area contributed by atoms with Gasteiger partial charge >= 0.3 is 0 Å². The smallest absolute Gasteiger partial charge is 0.248 e. The van der Waals surface area contributed by atoms with E-state index in [4.69, 9.17) is 37.3 Å². The highest BCUT2D eigenvalue weighted by Gasteiger charge is 2.46. The molecule has 4 aliphatic rings. The number of ether oxygens (including phenoxy) is 3. The first-order chi connectivity index (χ1) is 22.5. The molecule has 0 aromatic heterocycles. The molecule has 2 fully saturated rings. The fourth-order valence-corrected chi connectivity index (χ4v) is 9.11. The van der Waals surface area contributed by atoms with Crippen LogP contribution in [0.5, 0.6) is 5.75 Å². The number of benzene rings is 2. The van der Waals surface area contributed by atoms with E-state index in [1.165, 1.54) is 11.1 Å². The van der Waals surface area contributed by atoms with Crippen LogP contribution in [-0.4, -0.2) is 65.2 Å². The van der Waals surface area contributed by atoms with Crippen molar-refractivity contribution in [2.45, 2.75) is 88.2 Å². The molecule has 1 spiro atoms. The Bertz CT molecular complexity index is 1450. The van der Waals surface area contributed by atoms with Crippen molar-refractivity contribution in [3.05, 3.63) is 58.1 Å². The van der Waals surface area contributed by atoms with Crippen LogP contribution in [0.15, 0.2) is 36.4 Å². The number of nitrogens with two attached hydrogens (primary N) is 2. The van der Waals surface area contributed by atoms with Crippen LogP contribution in [0.2, 0.25) is 5.02 Å². The minimum Gasteiger partial charge on any atom is -0.490 e. The summed E-state index contributed by atoms with van der Waals surface area (Å²) < 4.78 is 40.3. The largest absolute Gasteiger partial charge is 0.490 e. The first-order valence-electron chi connectivity index (χ1n) is 17.2. The second-order valence-electron chi connectivity index (χ2n) is 14.5. The molecule has 5 N–H and O–H groups in total. The zero-order chi connectivity index (χ0) is 33.3. The van der Waals surface area contributed by atoms with Gasteiger partial charge in [-0.1, -0.05) is 31.0 Å². The summed E-state index contributed by atoms with van der Waals surface area (Å²) in [5.74, 6) is 1.42. The van der Waals surface area contributed by atoms with Gasteiger partial charge in [-0.3, -0.25) is 4.79 Å². The maximum Gasteiger partial charge on any atom is 0.248 e. The summed E-state index contributed by atoms with van der Waals surface area (Å²) >= 11 is 4.61. The Hall–Kier alpha value is -2.21. The van der Waals surface area contributed by atoms with Crippen LogP contribution in [0.4, 0.5) is 5.69 Å². The zero-order valence-electron chi connectivity index (χ0n) is 27.6. The van der Waals surface area contributed by atoms with E-state index in [-0.39, 0.29) is 34.8 Å². The molecule has 258 valence electrons. The molecular weight excluding hydrogens is 638 g/mol. The van der Waals surface area contributed by atoms with Gasteiger partial charge in [-0.15, -0.1) is 0 Å². The third-order valence-corrected chi connectivity index (χ3v) is 12.8. The van der Waals surface area contributed by atoms with Crippen LogP contribution >= 0.6 is 11.6 Å². The Morgan fingerprint density at radius 1 is 1.15 bits per heavy atom. The van der Waals surface area contributed by atoms with Crippen molar-refractivity contribution < 1.29 is 27.8 Å². The highest BCUT2D eigenvalue weighted by molar-refractivity contribution is 7.79. The molecule has 1 unspecified atom stereocenters. The average Bonchev–Trinajstić information content (AvgIpc) is 3.19. The fourth-order valence-electron chi connectivity index (χ4n) is 8.38. The van der Waals surface area contributed by atoms with Gasteiger partial charge in [0.15, 0.2) is 17.4 Å².